The summed E-state index contributed by atoms with van der Waals surface area (Å²) in [6, 6.07) is 19.1. The number of aryl methyl sites for hydroxylation is 1. The number of hydrogen-bond acceptors (Lipinski definition) is 2. The fourth-order valence-electron chi connectivity index (χ4n) is 3.60. The molecule has 26 heavy (non-hydrogen) atoms. The molecule has 0 radical (unpaired) electrons. The Labute approximate surface area is 157 Å². The van der Waals surface area contributed by atoms with Crippen molar-refractivity contribution in [1.82, 2.24) is 10.2 Å². The number of nitrogens with one attached hydrogen (secondary N) is 1. The van der Waals surface area contributed by atoms with Gasteiger partial charge < -0.3 is 5.32 Å². The molecule has 3 nitrogen and oxygen atoms in total. The number of carbonyl (C=O) groups is 1. The zero-order valence-electron chi connectivity index (χ0n) is 15.9. The Balaban J connectivity index is 1.41. The van der Waals surface area contributed by atoms with E-state index >= 15 is 0 Å². The zero-order valence-corrected chi connectivity index (χ0v) is 15.9. The fraction of sp³-hybridized carbons (Fsp3) is 0.435. The number of benzene rings is 2. The molecule has 1 atom stereocenters. The van der Waals surface area contributed by atoms with E-state index in [2.05, 4.69) is 72.6 Å². The molecule has 1 fully saturated rings. The molecule has 0 aromatic heterocycles. The van der Waals surface area contributed by atoms with Gasteiger partial charge in [0.2, 0.25) is 5.91 Å². The van der Waals surface area contributed by atoms with Gasteiger partial charge in [-0.2, -0.15) is 0 Å². The Hall–Kier alpha value is -2.13. The van der Waals surface area contributed by atoms with E-state index in [-0.39, 0.29) is 11.8 Å². The van der Waals surface area contributed by atoms with E-state index in [9.17, 15) is 4.79 Å². The van der Waals surface area contributed by atoms with E-state index in [0.717, 1.165) is 32.5 Å². The number of nitrogens with zero attached hydrogens (tertiary/aromatic N) is 1. The fourth-order valence-corrected chi connectivity index (χ4v) is 3.60. The minimum Gasteiger partial charge on any atom is -0.355 e. The van der Waals surface area contributed by atoms with Crippen molar-refractivity contribution < 1.29 is 4.79 Å². The van der Waals surface area contributed by atoms with Gasteiger partial charge in [0, 0.05) is 19.0 Å². The molecule has 0 bridgehead atoms. The highest BCUT2D eigenvalue weighted by Gasteiger charge is 2.25. The van der Waals surface area contributed by atoms with Crippen LogP contribution in [-0.4, -0.2) is 30.4 Å². The van der Waals surface area contributed by atoms with Crippen LogP contribution in [0.1, 0.15) is 42.4 Å². The number of amides is 1. The molecule has 2 aromatic rings. The van der Waals surface area contributed by atoms with Gasteiger partial charge >= 0.3 is 0 Å². The summed E-state index contributed by atoms with van der Waals surface area (Å²) in [5.41, 5.74) is 3.93. The first-order chi connectivity index (χ1) is 12.6. The first-order valence-electron chi connectivity index (χ1n) is 9.72. The molecule has 138 valence electrons. The van der Waals surface area contributed by atoms with Gasteiger partial charge in [-0.25, -0.2) is 0 Å². The number of hydrogen-bond donors (Lipinski definition) is 1. The summed E-state index contributed by atoms with van der Waals surface area (Å²) in [6.07, 6.45) is 1.91. The van der Waals surface area contributed by atoms with Crippen LogP contribution in [0.4, 0.5) is 0 Å². The third-order valence-electron chi connectivity index (χ3n) is 5.44. The van der Waals surface area contributed by atoms with Crippen LogP contribution in [0, 0.1) is 12.8 Å². The van der Waals surface area contributed by atoms with Crippen LogP contribution in [-0.2, 0) is 11.3 Å². The minimum absolute atomic E-state index is 0.159. The van der Waals surface area contributed by atoms with E-state index in [4.69, 9.17) is 0 Å². The first kappa shape index (κ1) is 18.7. The van der Waals surface area contributed by atoms with Crippen LogP contribution in [0.15, 0.2) is 54.6 Å². The summed E-state index contributed by atoms with van der Waals surface area (Å²) in [6.45, 7) is 7.98. The first-order valence-corrected chi connectivity index (χ1v) is 9.72. The Morgan fingerprint density at radius 1 is 1.08 bits per heavy atom. The lowest BCUT2D eigenvalue weighted by atomic mass is 9.95. The van der Waals surface area contributed by atoms with Crippen molar-refractivity contribution in [1.29, 1.82) is 0 Å². The second-order valence-corrected chi connectivity index (χ2v) is 7.59. The van der Waals surface area contributed by atoms with E-state index in [1.54, 1.807) is 0 Å². The SMILES string of the molecule is Cc1ccc(CN2CCC(C(=O)NC[C@H](C)c3ccccc3)CC2)cc1. The average molecular weight is 351 g/mol. The number of likely N-dealkylation sites (tertiary alicyclic amines) is 1. The van der Waals surface area contributed by atoms with E-state index in [0.29, 0.717) is 12.5 Å². The van der Waals surface area contributed by atoms with Crippen LogP contribution < -0.4 is 5.32 Å². The van der Waals surface area contributed by atoms with E-state index in [1.165, 1.54) is 16.7 Å². The van der Waals surface area contributed by atoms with Crippen molar-refractivity contribution in [2.24, 2.45) is 5.92 Å². The molecule has 1 aliphatic heterocycles. The van der Waals surface area contributed by atoms with Gasteiger partial charge in [-0.3, -0.25) is 9.69 Å². The normalized spacial score (nSPS) is 17.0. The largest absolute Gasteiger partial charge is 0.355 e. The predicted octanol–water partition coefficient (Wildman–Crippen LogP) is 4.13. The van der Waals surface area contributed by atoms with Crippen LogP contribution in [0.2, 0.25) is 0 Å². The highest BCUT2D eigenvalue weighted by Crippen LogP contribution is 2.20. The van der Waals surface area contributed by atoms with Gasteiger partial charge in [0.15, 0.2) is 0 Å². The topological polar surface area (TPSA) is 32.3 Å². The molecule has 1 heterocycles. The smallest absolute Gasteiger partial charge is 0.223 e. The molecule has 2 aromatic carbocycles. The third-order valence-corrected chi connectivity index (χ3v) is 5.44. The van der Waals surface area contributed by atoms with Gasteiger partial charge in [0.05, 0.1) is 0 Å². The van der Waals surface area contributed by atoms with Gasteiger partial charge in [0.1, 0.15) is 0 Å². The Morgan fingerprint density at radius 2 is 1.73 bits per heavy atom. The van der Waals surface area contributed by atoms with Crippen molar-refractivity contribution in [3.05, 3.63) is 71.3 Å². The molecule has 0 spiro atoms. The summed E-state index contributed by atoms with van der Waals surface area (Å²) in [4.78, 5) is 15.0. The monoisotopic (exact) mass is 350 g/mol. The molecule has 3 rings (SSSR count). The highest BCUT2D eigenvalue weighted by molar-refractivity contribution is 5.78. The Morgan fingerprint density at radius 3 is 2.38 bits per heavy atom. The van der Waals surface area contributed by atoms with E-state index < -0.39 is 0 Å². The lowest BCUT2D eigenvalue weighted by molar-refractivity contribution is -0.126. The Bertz CT molecular complexity index is 688. The number of piperidine rings is 1. The van der Waals surface area contributed by atoms with Gasteiger partial charge in [0.25, 0.3) is 0 Å². The standard InChI is InChI=1S/C23H30N2O/c1-18-8-10-20(11-9-18)17-25-14-12-22(13-15-25)23(26)24-16-19(2)21-6-4-3-5-7-21/h3-11,19,22H,12-17H2,1-2H3,(H,24,26)/t19-/m0/s1. The summed E-state index contributed by atoms with van der Waals surface area (Å²) < 4.78 is 0. The quantitative estimate of drug-likeness (QED) is 0.850. The summed E-state index contributed by atoms with van der Waals surface area (Å²) >= 11 is 0. The third kappa shape index (κ3) is 5.18. The van der Waals surface area contributed by atoms with Crippen molar-refractivity contribution >= 4 is 5.91 Å². The highest BCUT2D eigenvalue weighted by atomic mass is 16.1. The predicted molar refractivity (Wildman–Crippen MR) is 107 cm³/mol. The van der Waals surface area contributed by atoms with Crippen molar-refractivity contribution in [2.75, 3.05) is 19.6 Å². The van der Waals surface area contributed by atoms with Crippen LogP contribution >= 0.6 is 0 Å². The maximum Gasteiger partial charge on any atom is 0.223 e. The average Bonchev–Trinajstić information content (AvgIpc) is 2.69. The van der Waals surface area contributed by atoms with Crippen LogP contribution in [0.5, 0.6) is 0 Å². The molecular formula is C23H30N2O. The molecule has 0 aliphatic carbocycles. The van der Waals surface area contributed by atoms with Gasteiger partial charge in [-0.15, -0.1) is 0 Å². The Kier molecular flexibility index (Phi) is 6.45. The lowest BCUT2D eigenvalue weighted by Gasteiger charge is -2.31. The van der Waals surface area contributed by atoms with Crippen molar-refractivity contribution in [2.45, 2.75) is 39.2 Å². The molecule has 1 N–H and O–H groups in total. The van der Waals surface area contributed by atoms with E-state index in [1.807, 2.05) is 6.07 Å². The van der Waals surface area contributed by atoms with Gasteiger partial charge in [-0.05, 0) is 49.9 Å². The summed E-state index contributed by atoms with van der Waals surface area (Å²) in [5.74, 6) is 0.733. The molecule has 3 heteroatoms. The van der Waals surface area contributed by atoms with Crippen molar-refractivity contribution in [3.63, 3.8) is 0 Å². The van der Waals surface area contributed by atoms with Gasteiger partial charge in [-0.1, -0.05) is 67.1 Å². The van der Waals surface area contributed by atoms with Crippen LogP contribution in [0.3, 0.4) is 0 Å². The maximum absolute atomic E-state index is 12.5. The molecule has 0 saturated carbocycles. The molecule has 0 unspecified atom stereocenters. The second-order valence-electron chi connectivity index (χ2n) is 7.59. The number of rotatable bonds is 6. The second kappa shape index (κ2) is 9.00. The molecule has 1 saturated heterocycles. The maximum atomic E-state index is 12.5. The molecule has 1 aliphatic rings. The van der Waals surface area contributed by atoms with Crippen LogP contribution in [0.25, 0.3) is 0 Å². The van der Waals surface area contributed by atoms with Crippen molar-refractivity contribution in [3.8, 4) is 0 Å². The molecule has 1 amide bonds. The minimum atomic E-state index is 0.159. The molecular weight excluding hydrogens is 320 g/mol. The lowest BCUT2D eigenvalue weighted by Crippen LogP contribution is -2.41. The summed E-state index contributed by atoms with van der Waals surface area (Å²) in [7, 11) is 0. The zero-order chi connectivity index (χ0) is 18.4. The summed E-state index contributed by atoms with van der Waals surface area (Å²) in [5, 5.41) is 3.16. The number of carbonyl (C=O) groups excluding carboxylic acids is 1.